The van der Waals surface area contributed by atoms with Crippen LogP contribution in [0.15, 0.2) is 47.4 Å². The van der Waals surface area contributed by atoms with Crippen molar-refractivity contribution in [3.8, 4) is 6.07 Å². The molecule has 0 fully saturated rings. The maximum Gasteiger partial charge on any atom is 0.124 e. The SMILES string of the molecule is N#Cc1cc(F)cc(CS(=O)c2ccc(N)cc2)c1. The second-order valence-corrected chi connectivity index (χ2v) is 5.47. The molecular weight excluding hydrogens is 263 g/mol. The average molecular weight is 274 g/mol. The van der Waals surface area contributed by atoms with Gasteiger partial charge in [-0.1, -0.05) is 0 Å². The number of benzene rings is 2. The molecule has 96 valence electrons. The first-order valence-corrected chi connectivity index (χ1v) is 6.84. The van der Waals surface area contributed by atoms with Gasteiger partial charge in [0.25, 0.3) is 0 Å². The number of hydrogen-bond donors (Lipinski definition) is 1. The summed E-state index contributed by atoms with van der Waals surface area (Å²) in [6.45, 7) is 0. The molecule has 0 bridgehead atoms. The lowest BCUT2D eigenvalue weighted by Gasteiger charge is -2.04. The van der Waals surface area contributed by atoms with Crippen LogP contribution >= 0.6 is 0 Å². The lowest BCUT2D eigenvalue weighted by Crippen LogP contribution is -1.98. The van der Waals surface area contributed by atoms with E-state index in [0.717, 1.165) is 6.07 Å². The number of rotatable bonds is 3. The minimum absolute atomic E-state index is 0.163. The molecule has 0 spiro atoms. The Bertz CT molecular complexity index is 662. The van der Waals surface area contributed by atoms with Crippen LogP contribution in [0.1, 0.15) is 11.1 Å². The summed E-state index contributed by atoms with van der Waals surface area (Å²) in [5.41, 5.74) is 6.91. The molecule has 0 aliphatic rings. The van der Waals surface area contributed by atoms with Gasteiger partial charge in [0.2, 0.25) is 0 Å². The van der Waals surface area contributed by atoms with Gasteiger partial charge in [-0.3, -0.25) is 4.21 Å². The molecule has 0 saturated heterocycles. The average Bonchev–Trinajstić information content (AvgIpc) is 2.38. The largest absolute Gasteiger partial charge is 0.399 e. The molecule has 5 heteroatoms. The lowest BCUT2D eigenvalue weighted by molar-refractivity contribution is 0.625. The Morgan fingerprint density at radius 1 is 1.21 bits per heavy atom. The van der Waals surface area contributed by atoms with E-state index in [4.69, 9.17) is 11.0 Å². The van der Waals surface area contributed by atoms with Crippen LogP contribution in [0.2, 0.25) is 0 Å². The Kier molecular flexibility index (Phi) is 3.93. The van der Waals surface area contributed by atoms with Crippen LogP contribution in [-0.4, -0.2) is 4.21 Å². The van der Waals surface area contributed by atoms with E-state index in [1.165, 1.54) is 12.1 Å². The maximum absolute atomic E-state index is 13.3. The molecule has 2 N–H and O–H groups in total. The third-order valence-corrected chi connectivity index (χ3v) is 3.92. The molecule has 0 saturated carbocycles. The Morgan fingerprint density at radius 3 is 2.53 bits per heavy atom. The quantitative estimate of drug-likeness (QED) is 0.875. The third-order valence-electron chi connectivity index (χ3n) is 2.53. The summed E-state index contributed by atoms with van der Waals surface area (Å²) >= 11 is 0. The molecule has 0 amide bonds. The van der Waals surface area contributed by atoms with Crippen molar-refractivity contribution in [1.29, 1.82) is 5.26 Å². The van der Waals surface area contributed by atoms with Crippen LogP contribution in [0.25, 0.3) is 0 Å². The standard InChI is InChI=1S/C14H11FN2OS/c15-12-6-10(8-16)5-11(7-12)9-19(18)14-3-1-13(17)2-4-14/h1-7H,9,17H2. The number of nitrogens with two attached hydrogens (primary N) is 1. The van der Waals surface area contributed by atoms with Gasteiger partial charge in [-0.2, -0.15) is 5.26 Å². The molecule has 0 aliphatic heterocycles. The van der Waals surface area contributed by atoms with Crippen molar-refractivity contribution in [2.45, 2.75) is 10.6 Å². The summed E-state index contributed by atoms with van der Waals surface area (Å²) in [7, 11) is -1.29. The van der Waals surface area contributed by atoms with Crippen LogP contribution in [0.4, 0.5) is 10.1 Å². The van der Waals surface area contributed by atoms with Crippen molar-refractivity contribution in [1.82, 2.24) is 0 Å². The summed E-state index contributed by atoms with van der Waals surface area (Å²) in [6.07, 6.45) is 0. The van der Waals surface area contributed by atoms with E-state index in [2.05, 4.69) is 0 Å². The first-order chi connectivity index (χ1) is 9.08. The first-order valence-electron chi connectivity index (χ1n) is 5.52. The second-order valence-electron chi connectivity index (χ2n) is 4.02. The molecule has 0 radical (unpaired) electrons. The smallest absolute Gasteiger partial charge is 0.124 e. The zero-order valence-electron chi connectivity index (χ0n) is 9.97. The molecule has 0 aromatic heterocycles. The zero-order chi connectivity index (χ0) is 13.8. The van der Waals surface area contributed by atoms with Gasteiger partial charge < -0.3 is 5.73 Å². The maximum atomic E-state index is 13.3. The molecule has 19 heavy (non-hydrogen) atoms. The summed E-state index contributed by atoms with van der Waals surface area (Å²) in [4.78, 5) is 0.622. The van der Waals surface area contributed by atoms with E-state index in [0.29, 0.717) is 16.1 Å². The van der Waals surface area contributed by atoms with Crippen molar-refractivity contribution in [2.75, 3.05) is 5.73 Å². The van der Waals surface area contributed by atoms with Crippen molar-refractivity contribution >= 4 is 16.5 Å². The van der Waals surface area contributed by atoms with E-state index >= 15 is 0 Å². The topological polar surface area (TPSA) is 66.9 Å². The predicted octanol–water partition coefficient (Wildman–Crippen LogP) is 2.59. The van der Waals surface area contributed by atoms with Gasteiger partial charge in [0.05, 0.1) is 28.2 Å². The Labute approximate surface area is 112 Å². The number of hydrogen-bond acceptors (Lipinski definition) is 3. The van der Waals surface area contributed by atoms with E-state index < -0.39 is 16.6 Å². The molecular formula is C14H11FN2OS. The molecule has 2 aromatic carbocycles. The van der Waals surface area contributed by atoms with Gasteiger partial charge in [0.15, 0.2) is 0 Å². The second kappa shape index (κ2) is 5.63. The molecule has 2 rings (SSSR count). The van der Waals surface area contributed by atoms with Crippen LogP contribution in [-0.2, 0) is 16.6 Å². The van der Waals surface area contributed by atoms with Crippen LogP contribution < -0.4 is 5.73 Å². The van der Waals surface area contributed by atoms with Gasteiger partial charge in [0, 0.05) is 10.6 Å². The van der Waals surface area contributed by atoms with Gasteiger partial charge in [-0.05, 0) is 48.0 Å². The number of nitriles is 1. The highest BCUT2D eigenvalue weighted by Gasteiger charge is 2.07. The van der Waals surface area contributed by atoms with Crippen molar-refractivity contribution in [3.63, 3.8) is 0 Å². The normalized spacial score (nSPS) is 11.8. The summed E-state index contributed by atoms with van der Waals surface area (Å²) in [6, 6.07) is 12.5. The number of anilines is 1. The van der Waals surface area contributed by atoms with Gasteiger partial charge in [0.1, 0.15) is 5.82 Å². The van der Waals surface area contributed by atoms with E-state index in [-0.39, 0.29) is 11.3 Å². The zero-order valence-corrected chi connectivity index (χ0v) is 10.8. The Balaban J connectivity index is 2.22. The Hall–Kier alpha value is -2.19. The van der Waals surface area contributed by atoms with E-state index in [1.807, 2.05) is 6.07 Å². The van der Waals surface area contributed by atoms with Crippen molar-refractivity contribution in [2.24, 2.45) is 0 Å². The van der Waals surface area contributed by atoms with Gasteiger partial charge in [-0.25, -0.2) is 4.39 Å². The van der Waals surface area contributed by atoms with E-state index in [9.17, 15) is 8.60 Å². The summed E-state index contributed by atoms with van der Waals surface area (Å²) < 4.78 is 25.4. The minimum atomic E-state index is -1.29. The van der Waals surface area contributed by atoms with E-state index in [1.54, 1.807) is 24.3 Å². The minimum Gasteiger partial charge on any atom is -0.399 e. The van der Waals surface area contributed by atoms with Crippen LogP contribution in [0.5, 0.6) is 0 Å². The molecule has 0 heterocycles. The van der Waals surface area contributed by atoms with Gasteiger partial charge >= 0.3 is 0 Å². The van der Waals surface area contributed by atoms with Crippen molar-refractivity contribution in [3.05, 3.63) is 59.4 Å². The molecule has 1 unspecified atom stereocenters. The fourth-order valence-corrected chi connectivity index (χ4v) is 2.73. The molecule has 0 aliphatic carbocycles. The highest BCUT2D eigenvalue weighted by molar-refractivity contribution is 7.84. The Morgan fingerprint density at radius 2 is 1.89 bits per heavy atom. The molecule has 1 atom stereocenters. The highest BCUT2D eigenvalue weighted by Crippen LogP contribution is 2.16. The molecule has 3 nitrogen and oxygen atoms in total. The fraction of sp³-hybridized carbons (Fsp3) is 0.0714. The number of nitrogens with zero attached hydrogens (tertiary/aromatic N) is 1. The lowest BCUT2D eigenvalue weighted by atomic mass is 10.1. The third kappa shape index (κ3) is 3.39. The van der Waals surface area contributed by atoms with Crippen LogP contribution in [0.3, 0.4) is 0 Å². The number of nitrogen functional groups attached to an aromatic ring is 1. The first kappa shape index (κ1) is 13.2. The fourth-order valence-electron chi connectivity index (χ4n) is 1.65. The van der Waals surface area contributed by atoms with Crippen molar-refractivity contribution < 1.29 is 8.60 Å². The predicted molar refractivity (Wildman–Crippen MR) is 72.1 cm³/mol. The number of halogens is 1. The molecule has 2 aromatic rings. The summed E-state index contributed by atoms with van der Waals surface area (Å²) in [5, 5.41) is 8.76. The highest BCUT2D eigenvalue weighted by atomic mass is 32.2. The van der Waals surface area contributed by atoms with Gasteiger partial charge in [-0.15, -0.1) is 0 Å². The van der Waals surface area contributed by atoms with Crippen LogP contribution in [0, 0.1) is 17.1 Å². The summed E-state index contributed by atoms with van der Waals surface area (Å²) in [5.74, 6) is -0.334. The monoisotopic (exact) mass is 274 g/mol.